The molecule has 1 fully saturated rings. The van der Waals surface area contributed by atoms with Crippen molar-refractivity contribution in [1.29, 1.82) is 0 Å². The molecule has 0 radical (unpaired) electrons. The Hall–Kier alpha value is -2.02. The summed E-state index contributed by atoms with van der Waals surface area (Å²) in [6, 6.07) is -0.145. The summed E-state index contributed by atoms with van der Waals surface area (Å²) in [6.45, 7) is 3.03. The third kappa shape index (κ3) is 4.99. The van der Waals surface area contributed by atoms with Crippen molar-refractivity contribution in [2.75, 3.05) is 20.3 Å². The molecular formula is C16H24N4O3. The number of nitrogens with zero attached hydrogens (tertiary/aromatic N) is 2. The average molecular weight is 320 g/mol. The van der Waals surface area contributed by atoms with Crippen LogP contribution in [-0.4, -0.2) is 48.1 Å². The van der Waals surface area contributed by atoms with E-state index in [9.17, 15) is 9.59 Å². The molecule has 2 N–H and O–H groups in total. The van der Waals surface area contributed by atoms with Crippen LogP contribution < -0.4 is 10.6 Å². The first-order chi connectivity index (χ1) is 11.1. The molecule has 0 unspecified atom stereocenters. The van der Waals surface area contributed by atoms with Crippen LogP contribution in [0.1, 0.15) is 41.9 Å². The lowest BCUT2D eigenvalue weighted by Crippen LogP contribution is -2.44. The van der Waals surface area contributed by atoms with Crippen molar-refractivity contribution in [3.63, 3.8) is 0 Å². The fourth-order valence-corrected chi connectivity index (χ4v) is 2.76. The minimum Gasteiger partial charge on any atom is -0.385 e. The molecule has 23 heavy (non-hydrogen) atoms. The Labute approximate surface area is 136 Å². The first-order valence-corrected chi connectivity index (χ1v) is 7.98. The Bertz CT molecular complexity index is 533. The molecule has 2 amide bonds. The quantitative estimate of drug-likeness (QED) is 0.726. The largest absolute Gasteiger partial charge is 0.385 e. The fourth-order valence-electron chi connectivity index (χ4n) is 2.76. The summed E-state index contributed by atoms with van der Waals surface area (Å²) in [5, 5.41) is 5.83. The maximum Gasteiger partial charge on any atom is 0.271 e. The first kappa shape index (κ1) is 17.3. The van der Waals surface area contributed by atoms with Gasteiger partial charge in [-0.05, 0) is 26.2 Å². The Kier molecular flexibility index (Phi) is 6.46. The summed E-state index contributed by atoms with van der Waals surface area (Å²) in [6.07, 6.45) is 6.33. The van der Waals surface area contributed by atoms with Crippen LogP contribution in [-0.2, 0) is 9.53 Å². The van der Waals surface area contributed by atoms with Crippen molar-refractivity contribution in [2.24, 2.45) is 5.92 Å². The predicted molar refractivity (Wildman–Crippen MR) is 84.9 cm³/mol. The third-order valence-electron chi connectivity index (χ3n) is 4.01. The average Bonchev–Trinajstić information content (AvgIpc) is 3.00. The molecule has 0 aromatic carbocycles. The van der Waals surface area contributed by atoms with Crippen molar-refractivity contribution in [1.82, 2.24) is 20.6 Å². The zero-order valence-electron chi connectivity index (χ0n) is 13.7. The van der Waals surface area contributed by atoms with Gasteiger partial charge in [0, 0.05) is 32.5 Å². The lowest BCUT2D eigenvalue weighted by atomic mass is 10.0. The van der Waals surface area contributed by atoms with E-state index in [0.717, 1.165) is 31.4 Å². The van der Waals surface area contributed by atoms with E-state index in [2.05, 4.69) is 20.6 Å². The van der Waals surface area contributed by atoms with Crippen LogP contribution in [0.4, 0.5) is 0 Å². The summed E-state index contributed by atoms with van der Waals surface area (Å²) >= 11 is 0. The second-order valence-electron chi connectivity index (χ2n) is 5.80. The molecule has 2 rings (SSSR count). The standard InChI is InChI=1S/C16H24N4O3/c1-11-9-19-14(10-18-11)16(22)20-13-6-3-5-12(13)15(21)17-7-4-8-23-2/h9-10,12-13H,3-8H2,1-2H3,(H,17,21)(H,20,22)/t12-,13+/m0/s1. The van der Waals surface area contributed by atoms with Gasteiger partial charge in [0.15, 0.2) is 0 Å². The molecule has 126 valence electrons. The number of carbonyl (C=O) groups excluding carboxylic acids is 2. The van der Waals surface area contributed by atoms with Gasteiger partial charge in [-0.3, -0.25) is 14.6 Å². The number of hydrogen-bond acceptors (Lipinski definition) is 5. The van der Waals surface area contributed by atoms with E-state index in [-0.39, 0.29) is 29.5 Å². The number of amides is 2. The van der Waals surface area contributed by atoms with Crippen LogP contribution in [0.5, 0.6) is 0 Å². The van der Waals surface area contributed by atoms with Crippen LogP contribution in [0, 0.1) is 12.8 Å². The molecule has 1 heterocycles. The van der Waals surface area contributed by atoms with Crippen molar-refractivity contribution < 1.29 is 14.3 Å². The van der Waals surface area contributed by atoms with E-state index < -0.39 is 0 Å². The summed E-state index contributed by atoms with van der Waals surface area (Å²) in [4.78, 5) is 32.6. The topological polar surface area (TPSA) is 93.2 Å². The second-order valence-corrected chi connectivity index (χ2v) is 5.80. The highest BCUT2D eigenvalue weighted by Gasteiger charge is 2.34. The number of aromatic nitrogens is 2. The number of ether oxygens (including phenoxy) is 1. The van der Waals surface area contributed by atoms with E-state index in [0.29, 0.717) is 13.2 Å². The molecular weight excluding hydrogens is 296 g/mol. The van der Waals surface area contributed by atoms with Crippen LogP contribution in [0.2, 0.25) is 0 Å². The lowest BCUT2D eigenvalue weighted by Gasteiger charge is -2.20. The van der Waals surface area contributed by atoms with E-state index in [1.54, 1.807) is 13.3 Å². The molecule has 7 nitrogen and oxygen atoms in total. The summed E-state index contributed by atoms with van der Waals surface area (Å²) in [5.41, 5.74) is 1.04. The number of nitrogens with one attached hydrogen (secondary N) is 2. The van der Waals surface area contributed by atoms with Gasteiger partial charge in [0.1, 0.15) is 5.69 Å². The van der Waals surface area contributed by atoms with E-state index >= 15 is 0 Å². The van der Waals surface area contributed by atoms with Crippen LogP contribution in [0.15, 0.2) is 12.4 Å². The van der Waals surface area contributed by atoms with Gasteiger partial charge < -0.3 is 15.4 Å². The van der Waals surface area contributed by atoms with Gasteiger partial charge in [0.2, 0.25) is 5.91 Å². The van der Waals surface area contributed by atoms with E-state index in [1.807, 2.05) is 6.92 Å². The number of methoxy groups -OCH3 is 1. The van der Waals surface area contributed by atoms with Crippen molar-refractivity contribution in [3.8, 4) is 0 Å². The summed E-state index contributed by atoms with van der Waals surface area (Å²) in [7, 11) is 1.64. The molecule has 0 bridgehead atoms. The van der Waals surface area contributed by atoms with Gasteiger partial charge in [0.05, 0.1) is 17.8 Å². The van der Waals surface area contributed by atoms with Gasteiger partial charge in [-0.15, -0.1) is 0 Å². The maximum absolute atomic E-state index is 12.3. The maximum atomic E-state index is 12.3. The summed E-state index contributed by atoms with van der Waals surface area (Å²) < 4.78 is 4.96. The zero-order valence-corrected chi connectivity index (χ0v) is 13.7. The Morgan fingerprint density at radius 2 is 2.13 bits per heavy atom. The van der Waals surface area contributed by atoms with Crippen molar-refractivity contribution in [2.45, 2.75) is 38.6 Å². The first-order valence-electron chi connectivity index (χ1n) is 7.98. The molecule has 1 saturated carbocycles. The number of carbonyl (C=O) groups is 2. The highest BCUT2D eigenvalue weighted by atomic mass is 16.5. The molecule has 1 aromatic rings. The van der Waals surface area contributed by atoms with Gasteiger partial charge in [-0.25, -0.2) is 4.98 Å². The molecule has 1 aliphatic rings. The molecule has 0 saturated heterocycles. The molecule has 1 aliphatic carbocycles. The van der Waals surface area contributed by atoms with Crippen LogP contribution >= 0.6 is 0 Å². The Morgan fingerprint density at radius 1 is 1.30 bits per heavy atom. The summed E-state index contributed by atoms with van der Waals surface area (Å²) in [5.74, 6) is -0.458. The number of rotatable bonds is 7. The van der Waals surface area contributed by atoms with Gasteiger partial charge in [0.25, 0.3) is 5.91 Å². The monoisotopic (exact) mass is 320 g/mol. The lowest BCUT2D eigenvalue weighted by molar-refractivity contribution is -0.125. The van der Waals surface area contributed by atoms with Gasteiger partial charge >= 0.3 is 0 Å². The van der Waals surface area contributed by atoms with Crippen LogP contribution in [0.3, 0.4) is 0 Å². The van der Waals surface area contributed by atoms with Crippen LogP contribution in [0.25, 0.3) is 0 Å². The van der Waals surface area contributed by atoms with E-state index in [4.69, 9.17) is 4.74 Å². The molecule has 7 heteroatoms. The highest BCUT2D eigenvalue weighted by molar-refractivity contribution is 5.92. The highest BCUT2D eigenvalue weighted by Crippen LogP contribution is 2.26. The molecule has 0 aliphatic heterocycles. The smallest absolute Gasteiger partial charge is 0.271 e. The van der Waals surface area contributed by atoms with Crippen molar-refractivity contribution >= 4 is 11.8 Å². The molecule has 1 aromatic heterocycles. The normalized spacial score (nSPS) is 20.3. The van der Waals surface area contributed by atoms with Gasteiger partial charge in [-0.1, -0.05) is 6.42 Å². The number of hydrogen-bond donors (Lipinski definition) is 2. The minimum atomic E-state index is -0.276. The predicted octanol–water partition coefficient (Wildman–Crippen LogP) is 0.836. The third-order valence-corrected chi connectivity index (χ3v) is 4.01. The van der Waals surface area contributed by atoms with Crippen molar-refractivity contribution in [3.05, 3.63) is 23.8 Å². The van der Waals surface area contributed by atoms with E-state index in [1.165, 1.54) is 6.20 Å². The Morgan fingerprint density at radius 3 is 2.83 bits per heavy atom. The number of aryl methyl sites for hydroxylation is 1. The Balaban J connectivity index is 1.87. The molecule has 2 atom stereocenters. The zero-order chi connectivity index (χ0) is 16.7. The molecule has 0 spiro atoms. The fraction of sp³-hybridized carbons (Fsp3) is 0.625. The SMILES string of the molecule is COCCCNC(=O)[C@H]1CCC[C@H]1NC(=O)c1cnc(C)cn1. The second kappa shape index (κ2) is 8.57. The minimum absolute atomic E-state index is 0.00102. The van der Waals surface area contributed by atoms with Gasteiger partial charge in [-0.2, -0.15) is 0 Å².